The molecule has 200 valence electrons. The summed E-state index contributed by atoms with van der Waals surface area (Å²) < 4.78 is 23.3. The molecule has 39 heavy (non-hydrogen) atoms. The van der Waals surface area contributed by atoms with Crippen LogP contribution >= 0.6 is 0 Å². The van der Waals surface area contributed by atoms with Crippen molar-refractivity contribution in [3.8, 4) is 11.3 Å². The molecule has 1 atom stereocenters. The molecule has 1 fully saturated rings. The van der Waals surface area contributed by atoms with E-state index in [9.17, 15) is 24.0 Å². The summed E-state index contributed by atoms with van der Waals surface area (Å²) in [5.74, 6) is -3.02. The molecule has 1 aromatic heterocycles. The summed E-state index contributed by atoms with van der Waals surface area (Å²) in [6.45, 7) is 9.22. The summed E-state index contributed by atoms with van der Waals surface area (Å²) in [4.78, 5) is 56.7. The molecule has 0 spiro atoms. The van der Waals surface area contributed by atoms with Gasteiger partial charge in [0.05, 0.1) is 23.9 Å². The highest BCUT2D eigenvalue weighted by atomic mass is 19.1. The van der Waals surface area contributed by atoms with Crippen LogP contribution in [0.3, 0.4) is 0 Å². The Labute approximate surface area is 222 Å². The third-order valence-electron chi connectivity index (χ3n) is 6.63. The van der Waals surface area contributed by atoms with Crippen LogP contribution in [0, 0.1) is 0 Å². The summed E-state index contributed by atoms with van der Waals surface area (Å²) in [6, 6.07) is 11.0. The van der Waals surface area contributed by atoms with Crippen LogP contribution in [0.1, 0.15) is 49.7 Å². The van der Waals surface area contributed by atoms with Crippen LogP contribution in [0.2, 0.25) is 0 Å². The Bertz CT molecular complexity index is 1490. The Morgan fingerprint density at radius 1 is 1.08 bits per heavy atom. The standard InChI is InChI=1S/C22H20FN2O.C6H5NO6/c1-5-19-14(2)21-12-18-10-11-20(17-8-6-16(13-26)7-9-17)25(18)22(4,23)24(21)15(19)3;8-3-12-6(11)13-7-4(9)1-2-5(7)10/h5-13H,1H2,2-4H3;3H,1-2H2/q+1;. The van der Waals surface area contributed by atoms with E-state index in [1.807, 2.05) is 44.2 Å². The van der Waals surface area contributed by atoms with Crippen LogP contribution in [-0.4, -0.2) is 50.6 Å². The lowest BCUT2D eigenvalue weighted by atomic mass is 10.1. The monoisotopic (exact) mass is 534 g/mol. The first-order valence-corrected chi connectivity index (χ1v) is 11.9. The van der Waals surface area contributed by atoms with Gasteiger partial charge in [0.25, 0.3) is 11.8 Å². The number of imide groups is 1. The zero-order valence-electron chi connectivity index (χ0n) is 21.5. The predicted molar refractivity (Wildman–Crippen MR) is 137 cm³/mol. The van der Waals surface area contributed by atoms with Crippen molar-refractivity contribution < 1.29 is 42.5 Å². The molecule has 1 aromatic carbocycles. The average molecular weight is 535 g/mol. The quantitative estimate of drug-likeness (QED) is 0.141. The topological polar surface area (TPSA) is 115 Å². The van der Waals surface area contributed by atoms with Gasteiger partial charge in [-0.1, -0.05) is 42.0 Å². The van der Waals surface area contributed by atoms with Gasteiger partial charge in [0.15, 0.2) is 5.71 Å². The van der Waals surface area contributed by atoms with E-state index >= 15 is 4.39 Å². The number of benzene rings is 1. The molecular weight excluding hydrogens is 509 g/mol. The second-order valence-corrected chi connectivity index (χ2v) is 8.95. The molecule has 1 unspecified atom stereocenters. The maximum atomic E-state index is 16.2. The van der Waals surface area contributed by atoms with Crippen LogP contribution in [-0.2, 0) is 29.9 Å². The SMILES string of the molecule is C=CC1=C(C)C2=Cc3ccc(-c4ccc(C=O)cc4)n3C(C)(F)[N+]2=C1C.O=COC(=O)ON1C(=O)CCC1=O. The number of hydrogen-bond donors (Lipinski definition) is 0. The van der Waals surface area contributed by atoms with E-state index in [-0.39, 0.29) is 24.4 Å². The van der Waals surface area contributed by atoms with Crippen LogP contribution in [0.5, 0.6) is 0 Å². The largest absolute Gasteiger partial charge is 0.541 e. The summed E-state index contributed by atoms with van der Waals surface area (Å²) in [6.07, 6.45) is 3.19. The van der Waals surface area contributed by atoms with Gasteiger partial charge in [0.2, 0.25) is 5.70 Å². The molecule has 2 aromatic rings. The number of rotatable bonds is 5. The fourth-order valence-electron chi connectivity index (χ4n) is 4.89. The van der Waals surface area contributed by atoms with Crippen molar-refractivity contribution in [1.29, 1.82) is 0 Å². The number of aldehydes is 1. The fraction of sp³-hybridized carbons (Fsp3) is 0.214. The predicted octanol–water partition coefficient (Wildman–Crippen LogP) is 4.27. The van der Waals surface area contributed by atoms with E-state index in [1.165, 1.54) is 0 Å². The van der Waals surface area contributed by atoms with Crippen molar-refractivity contribution in [3.63, 3.8) is 0 Å². The lowest BCUT2D eigenvalue weighted by Crippen LogP contribution is -2.42. The number of nitrogens with zero attached hydrogens (tertiary/aromatic N) is 3. The summed E-state index contributed by atoms with van der Waals surface area (Å²) >= 11 is 0. The Morgan fingerprint density at radius 2 is 1.72 bits per heavy atom. The number of hydroxylamine groups is 2. The first-order valence-electron chi connectivity index (χ1n) is 11.9. The number of carbonyl (C=O) groups is 5. The van der Waals surface area contributed by atoms with Gasteiger partial charge in [-0.05, 0) is 24.6 Å². The molecule has 4 heterocycles. The van der Waals surface area contributed by atoms with Gasteiger partial charge in [-0.25, -0.2) is 4.79 Å². The maximum absolute atomic E-state index is 16.2. The first kappa shape index (κ1) is 27.1. The van der Waals surface area contributed by atoms with Crippen molar-refractivity contribution in [3.05, 3.63) is 77.2 Å². The number of allylic oxidation sites excluding steroid dienone is 3. The Balaban J connectivity index is 0.000000229. The first-order chi connectivity index (χ1) is 18.5. The van der Waals surface area contributed by atoms with Crippen molar-refractivity contribution in [2.75, 3.05) is 0 Å². The molecule has 10 nitrogen and oxygen atoms in total. The maximum Gasteiger partial charge on any atom is 0.541 e. The number of carbonyl (C=O) groups excluding carboxylic acids is 5. The minimum absolute atomic E-state index is 0.00674. The Kier molecular flexibility index (Phi) is 7.26. The van der Waals surface area contributed by atoms with Crippen molar-refractivity contribution in [2.45, 2.75) is 39.5 Å². The van der Waals surface area contributed by atoms with Gasteiger partial charge in [-0.3, -0.25) is 28.6 Å². The number of fused-ring (bicyclic) bond motifs is 2. The molecule has 0 bridgehead atoms. The van der Waals surface area contributed by atoms with Gasteiger partial charge in [0.1, 0.15) is 6.29 Å². The highest BCUT2D eigenvalue weighted by Crippen LogP contribution is 2.42. The fourth-order valence-corrected chi connectivity index (χ4v) is 4.89. The highest BCUT2D eigenvalue weighted by Gasteiger charge is 2.51. The number of amides is 2. The van der Waals surface area contributed by atoms with Crippen molar-refractivity contribution in [1.82, 2.24) is 9.63 Å². The molecule has 0 saturated carbocycles. The molecule has 0 radical (unpaired) electrons. The number of alkyl halides is 1. The van der Waals surface area contributed by atoms with E-state index < -0.39 is 23.9 Å². The summed E-state index contributed by atoms with van der Waals surface area (Å²) in [7, 11) is 0. The third kappa shape index (κ3) is 4.74. The summed E-state index contributed by atoms with van der Waals surface area (Å²) in [5, 5.41) is 0.284. The number of hydrogen-bond acceptors (Lipinski definition) is 7. The van der Waals surface area contributed by atoms with Crippen molar-refractivity contribution >= 4 is 42.5 Å². The van der Waals surface area contributed by atoms with E-state index in [0.717, 1.165) is 45.8 Å². The molecule has 11 heteroatoms. The van der Waals surface area contributed by atoms with Gasteiger partial charge >= 0.3 is 18.5 Å². The van der Waals surface area contributed by atoms with Crippen LogP contribution in [0.25, 0.3) is 17.3 Å². The van der Waals surface area contributed by atoms with Crippen molar-refractivity contribution in [2.24, 2.45) is 0 Å². The second-order valence-electron chi connectivity index (χ2n) is 8.95. The average Bonchev–Trinajstić information content (AvgIpc) is 3.55. The molecule has 1 saturated heterocycles. The molecule has 2 amide bonds. The minimum Gasteiger partial charge on any atom is -0.362 e. The molecule has 5 rings (SSSR count). The van der Waals surface area contributed by atoms with Gasteiger partial charge in [0, 0.05) is 37.0 Å². The number of aromatic nitrogens is 1. The smallest absolute Gasteiger partial charge is 0.362 e. The number of halogens is 1. The zero-order valence-corrected chi connectivity index (χ0v) is 21.5. The van der Waals surface area contributed by atoms with E-state index in [4.69, 9.17) is 0 Å². The van der Waals surface area contributed by atoms with Gasteiger partial charge in [-0.2, -0.15) is 0 Å². The Hall–Kier alpha value is -4.93. The van der Waals surface area contributed by atoms with Crippen LogP contribution < -0.4 is 0 Å². The van der Waals surface area contributed by atoms with E-state index in [2.05, 4.69) is 16.2 Å². The highest BCUT2D eigenvalue weighted by molar-refractivity contribution is 6.02. The molecule has 3 aliphatic heterocycles. The van der Waals surface area contributed by atoms with Gasteiger partial charge < -0.3 is 4.74 Å². The zero-order chi connectivity index (χ0) is 28.5. The molecule has 0 N–H and O–H groups in total. The molecule has 0 aliphatic carbocycles. The summed E-state index contributed by atoms with van der Waals surface area (Å²) in [5.41, 5.74) is 6.79. The van der Waals surface area contributed by atoms with Crippen LogP contribution in [0.4, 0.5) is 9.18 Å². The third-order valence-corrected chi connectivity index (χ3v) is 6.63. The minimum atomic E-state index is -1.75. The van der Waals surface area contributed by atoms with E-state index in [0.29, 0.717) is 5.56 Å². The molecular formula is C28H25FN3O7+. The lowest BCUT2D eigenvalue weighted by molar-refractivity contribution is -0.627. The van der Waals surface area contributed by atoms with Gasteiger partial charge in [-0.15, -0.1) is 8.97 Å². The Morgan fingerprint density at radius 3 is 2.28 bits per heavy atom. The molecule has 3 aliphatic rings. The van der Waals surface area contributed by atoms with Crippen LogP contribution in [0.15, 0.2) is 65.9 Å². The normalized spacial score (nSPS) is 19.6. The van der Waals surface area contributed by atoms with E-state index in [1.54, 1.807) is 34.3 Å². The lowest BCUT2D eigenvalue weighted by Gasteiger charge is -2.27. The number of ether oxygens (including phenoxy) is 1. The second kappa shape index (κ2) is 10.4.